The SMILES string of the molecule is COC(=O)c1cc(C(CO)CCCS(C)(=O)=O)cs1. The topological polar surface area (TPSA) is 80.7 Å². The first kappa shape index (κ1) is 16.1. The predicted molar refractivity (Wildman–Crippen MR) is 74.4 cm³/mol. The van der Waals surface area contributed by atoms with Gasteiger partial charge in [-0.1, -0.05) is 0 Å². The first-order chi connectivity index (χ1) is 8.87. The summed E-state index contributed by atoms with van der Waals surface area (Å²) in [6.07, 6.45) is 2.26. The van der Waals surface area contributed by atoms with E-state index in [9.17, 15) is 18.3 Å². The second-order valence-corrected chi connectivity index (χ2v) is 7.56. The van der Waals surface area contributed by atoms with E-state index < -0.39 is 15.8 Å². The van der Waals surface area contributed by atoms with Crippen molar-refractivity contribution in [2.75, 3.05) is 25.7 Å². The predicted octanol–water partition coefficient (Wildman–Crippen LogP) is 1.44. The molecule has 1 heterocycles. The van der Waals surface area contributed by atoms with E-state index in [1.165, 1.54) is 24.7 Å². The van der Waals surface area contributed by atoms with Gasteiger partial charge in [0, 0.05) is 24.5 Å². The van der Waals surface area contributed by atoms with Gasteiger partial charge in [0.1, 0.15) is 14.7 Å². The highest BCUT2D eigenvalue weighted by molar-refractivity contribution is 7.90. The van der Waals surface area contributed by atoms with E-state index in [0.29, 0.717) is 17.7 Å². The van der Waals surface area contributed by atoms with Crippen LogP contribution in [0.1, 0.15) is 34.0 Å². The summed E-state index contributed by atoms with van der Waals surface area (Å²) in [6.45, 7) is -0.0683. The van der Waals surface area contributed by atoms with E-state index >= 15 is 0 Å². The summed E-state index contributed by atoms with van der Waals surface area (Å²) in [5.74, 6) is -0.433. The number of ether oxygens (including phenoxy) is 1. The van der Waals surface area contributed by atoms with Gasteiger partial charge in [-0.15, -0.1) is 11.3 Å². The monoisotopic (exact) mass is 306 g/mol. The van der Waals surface area contributed by atoms with Gasteiger partial charge in [0.25, 0.3) is 0 Å². The van der Waals surface area contributed by atoms with Crippen molar-refractivity contribution in [3.05, 3.63) is 21.9 Å². The highest BCUT2D eigenvalue weighted by Crippen LogP contribution is 2.26. The quantitative estimate of drug-likeness (QED) is 0.771. The Bertz CT molecular complexity index is 518. The molecule has 0 bridgehead atoms. The van der Waals surface area contributed by atoms with Gasteiger partial charge in [-0.3, -0.25) is 0 Å². The van der Waals surface area contributed by atoms with Crippen LogP contribution >= 0.6 is 11.3 Å². The maximum atomic E-state index is 11.3. The number of carbonyl (C=O) groups is 1. The largest absolute Gasteiger partial charge is 0.465 e. The average Bonchev–Trinajstić information content (AvgIpc) is 2.81. The minimum atomic E-state index is -2.98. The number of hydrogen-bond acceptors (Lipinski definition) is 6. The fourth-order valence-electron chi connectivity index (χ4n) is 1.73. The third-order valence-corrected chi connectivity index (χ3v) is 4.72. The average molecular weight is 306 g/mol. The van der Waals surface area contributed by atoms with Crippen molar-refractivity contribution in [2.24, 2.45) is 0 Å². The lowest BCUT2D eigenvalue weighted by Crippen LogP contribution is -2.08. The van der Waals surface area contributed by atoms with E-state index in [1.54, 1.807) is 11.4 Å². The normalized spacial score (nSPS) is 13.2. The third-order valence-electron chi connectivity index (χ3n) is 2.77. The Morgan fingerprint density at radius 3 is 2.74 bits per heavy atom. The van der Waals surface area contributed by atoms with Crippen LogP contribution < -0.4 is 0 Å². The number of carbonyl (C=O) groups excluding carboxylic acids is 1. The van der Waals surface area contributed by atoms with Gasteiger partial charge in [-0.2, -0.15) is 0 Å². The Labute approximate surface area is 117 Å². The van der Waals surface area contributed by atoms with E-state index in [1.807, 2.05) is 0 Å². The summed E-state index contributed by atoms with van der Waals surface area (Å²) in [5.41, 5.74) is 0.849. The standard InChI is InChI=1S/C12H18O5S2/c1-17-12(14)11-6-10(8-18-11)9(7-13)4-3-5-19(2,15)16/h6,8-9,13H,3-5,7H2,1-2H3. The fraction of sp³-hybridized carbons (Fsp3) is 0.583. The molecule has 1 aromatic heterocycles. The van der Waals surface area contributed by atoms with Gasteiger partial charge in [0.05, 0.1) is 7.11 Å². The van der Waals surface area contributed by atoms with Gasteiger partial charge >= 0.3 is 5.97 Å². The molecule has 0 saturated heterocycles. The van der Waals surface area contributed by atoms with E-state index in [-0.39, 0.29) is 18.3 Å². The van der Waals surface area contributed by atoms with Crippen molar-refractivity contribution in [3.63, 3.8) is 0 Å². The van der Waals surface area contributed by atoms with Crippen LogP contribution in [0.3, 0.4) is 0 Å². The van der Waals surface area contributed by atoms with Gasteiger partial charge in [-0.05, 0) is 29.9 Å². The highest BCUT2D eigenvalue weighted by Gasteiger charge is 2.16. The summed E-state index contributed by atoms with van der Waals surface area (Å²) >= 11 is 1.26. The Balaban J connectivity index is 2.64. The van der Waals surface area contributed by atoms with Crippen molar-refractivity contribution in [1.29, 1.82) is 0 Å². The molecule has 0 aliphatic carbocycles. The molecular weight excluding hydrogens is 288 g/mol. The molecule has 0 spiro atoms. The molecule has 0 aromatic carbocycles. The van der Waals surface area contributed by atoms with Crippen LogP contribution in [0.5, 0.6) is 0 Å². The number of methoxy groups -OCH3 is 1. The molecule has 0 saturated carbocycles. The number of aliphatic hydroxyl groups excluding tert-OH is 1. The number of hydrogen-bond donors (Lipinski definition) is 1. The van der Waals surface area contributed by atoms with Crippen molar-refractivity contribution in [3.8, 4) is 0 Å². The van der Waals surface area contributed by atoms with E-state index in [0.717, 1.165) is 5.56 Å². The number of sulfone groups is 1. The molecular formula is C12H18O5S2. The number of aliphatic hydroxyl groups is 1. The van der Waals surface area contributed by atoms with Gasteiger partial charge in [-0.25, -0.2) is 13.2 Å². The van der Waals surface area contributed by atoms with Gasteiger partial charge < -0.3 is 9.84 Å². The first-order valence-electron chi connectivity index (χ1n) is 5.82. The molecule has 0 aliphatic rings. The lowest BCUT2D eigenvalue weighted by atomic mass is 9.98. The molecule has 1 aromatic rings. The summed E-state index contributed by atoms with van der Waals surface area (Å²) in [5, 5.41) is 11.2. The van der Waals surface area contributed by atoms with Crippen molar-refractivity contribution < 1.29 is 23.1 Å². The van der Waals surface area contributed by atoms with Crippen molar-refractivity contribution >= 4 is 27.1 Å². The summed E-state index contributed by atoms with van der Waals surface area (Å²) in [6, 6.07) is 1.69. The number of thiophene rings is 1. The lowest BCUT2D eigenvalue weighted by molar-refractivity contribution is 0.0606. The lowest BCUT2D eigenvalue weighted by Gasteiger charge is -2.11. The van der Waals surface area contributed by atoms with Crippen LogP contribution in [0.25, 0.3) is 0 Å². The molecule has 1 unspecified atom stereocenters. The Morgan fingerprint density at radius 1 is 1.53 bits per heavy atom. The highest BCUT2D eigenvalue weighted by atomic mass is 32.2. The molecule has 0 radical (unpaired) electrons. The second kappa shape index (κ2) is 7.02. The molecule has 1 rings (SSSR count). The second-order valence-electron chi connectivity index (χ2n) is 4.39. The third kappa shape index (κ3) is 5.30. The van der Waals surface area contributed by atoms with Crippen LogP contribution in [0.15, 0.2) is 11.4 Å². The number of esters is 1. The van der Waals surface area contributed by atoms with Gasteiger partial charge in [0.2, 0.25) is 0 Å². The zero-order valence-corrected chi connectivity index (χ0v) is 12.6. The molecule has 0 aliphatic heterocycles. The van der Waals surface area contributed by atoms with Crippen LogP contribution in [-0.2, 0) is 14.6 Å². The van der Waals surface area contributed by atoms with Crippen molar-refractivity contribution in [1.82, 2.24) is 0 Å². The maximum Gasteiger partial charge on any atom is 0.348 e. The van der Waals surface area contributed by atoms with E-state index in [2.05, 4.69) is 4.74 Å². The zero-order chi connectivity index (χ0) is 14.5. The molecule has 7 heteroatoms. The molecule has 0 amide bonds. The molecule has 19 heavy (non-hydrogen) atoms. The Hall–Kier alpha value is -0.920. The van der Waals surface area contributed by atoms with Crippen LogP contribution in [0, 0.1) is 0 Å². The molecule has 1 N–H and O–H groups in total. The summed E-state index contributed by atoms with van der Waals surface area (Å²) < 4.78 is 26.7. The van der Waals surface area contributed by atoms with E-state index in [4.69, 9.17) is 0 Å². The molecule has 0 fully saturated rings. The van der Waals surface area contributed by atoms with Gasteiger partial charge in [0.15, 0.2) is 0 Å². The Kier molecular flexibility index (Phi) is 5.96. The zero-order valence-electron chi connectivity index (χ0n) is 11.0. The molecule has 5 nitrogen and oxygen atoms in total. The smallest absolute Gasteiger partial charge is 0.348 e. The molecule has 1 atom stereocenters. The maximum absolute atomic E-state index is 11.3. The Morgan fingerprint density at radius 2 is 2.21 bits per heavy atom. The van der Waals surface area contributed by atoms with Crippen molar-refractivity contribution in [2.45, 2.75) is 18.8 Å². The van der Waals surface area contributed by atoms with Crippen LogP contribution in [0.4, 0.5) is 0 Å². The fourth-order valence-corrected chi connectivity index (χ4v) is 3.33. The van der Waals surface area contributed by atoms with Crippen LogP contribution in [0.2, 0.25) is 0 Å². The minimum Gasteiger partial charge on any atom is -0.465 e. The first-order valence-corrected chi connectivity index (χ1v) is 8.76. The summed E-state index contributed by atoms with van der Waals surface area (Å²) in [4.78, 5) is 11.8. The summed E-state index contributed by atoms with van der Waals surface area (Å²) in [7, 11) is -1.66. The molecule has 108 valence electrons. The number of rotatable bonds is 7. The minimum absolute atomic E-state index is 0.0683. The van der Waals surface area contributed by atoms with Crippen LogP contribution in [-0.4, -0.2) is 45.2 Å².